The van der Waals surface area contributed by atoms with Crippen molar-refractivity contribution in [1.29, 1.82) is 0 Å². The summed E-state index contributed by atoms with van der Waals surface area (Å²) in [6, 6.07) is 8.40. The summed E-state index contributed by atoms with van der Waals surface area (Å²) < 4.78 is 1.42. The Morgan fingerprint density at radius 1 is 1.17 bits per heavy atom. The number of carbonyl (C=O) groups is 1. The number of anilines is 3. The van der Waals surface area contributed by atoms with E-state index in [0.717, 1.165) is 11.1 Å². The summed E-state index contributed by atoms with van der Waals surface area (Å²) in [7, 11) is 0. The van der Waals surface area contributed by atoms with Crippen LogP contribution in [0, 0.1) is 0 Å². The summed E-state index contributed by atoms with van der Waals surface area (Å²) in [4.78, 5) is 34.1. The Morgan fingerprint density at radius 3 is 2.73 bits per heavy atom. The largest absolute Gasteiger partial charge is 0.384 e. The molecule has 0 bridgehead atoms. The van der Waals surface area contributed by atoms with E-state index in [4.69, 9.17) is 28.9 Å². The van der Waals surface area contributed by atoms with E-state index in [0.29, 0.717) is 23.7 Å². The molecule has 2 aliphatic rings. The highest BCUT2D eigenvalue weighted by atomic mass is 35.5. The van der Waals surface area contributed by atoms with Crippen LogP contribution in [0.3, 0.4) is 0 Å². The molecule has 1 aromatic carbocycles. The van der Waals surface area contributed by atoms with E-state index in [-0.39, 0.29) is 34.6 Å². The molecule has 0 saturated heterocycles. The van der Waals surface area contributed by atoms with Gasteiger partial charge in [0.05, 0.1) is 5.02 Å². The van der Waals surface area contributed by atoms with Gasteiger partial charge >= 0.3 is 0 Å². The van der Waals surface area contributed by atoms with E-state index < -0.39 is 17.1 Å². The molecule has 3 aromatic rings. The Kier molecular flexibility index (Phi) is 4.88. The number of carbonyl (C=O) groups excluding carboxylic acids is 1. The number of nitrogens with two attached hydrogens (primary N) is 1. The SMILES string of the molecule is Cl.Nc1cc(Nc2cc(Cl)c3n(c2=O)C2(CCc4ccc(Cl)cc42)NC3=O)ncn1. The number of aryl methyl sites for hydroxylation is 1. The molecular formula is C19H15Cl3N6O2. The monoisotopic (exact) mass is 464 g/mol. The van der Waals surface area contributed by atoms with Crippen LogP contribution >= 0.6 is 35.6 Å². The number of nitrogen functional groups attached to an aromatic ring is 1. The van der Waals surface area contributed by atoms with Crippen LogP contribution in [-0.2, 0) is 12.1 Å². The van der Waals surface area contributed by atoms with Gasteiger partial charge < -0.3 is 16.4 Å². The van der Waals surface area contributed by atoms with Crippen molar-refractivity contribution in [2.75, 3.05) is 11.1 Å². The van der Waals surface area contributed by atoms with Gasteiger partial charge in [0.2, 0.25) is 0 Å². The number of rotatable bonds is 2. The molecule has 0 saturated carbocycles. The third-order valence-electron chi connectivity index (χ3n) is 5.30. The molecule has 1 spiro atoms. The number of benzene rings is 1. The lowest BCUT2D eigenvalue weighted by Crippen LogP contribution is -2.46. The second-order valence-corrected chi connectivity index (χ2v) is 7.81. The number of hydrogen-bond donors (Lipinski definition) is 3. The molecule has 1 unspecified atom stereocenters. The number of nitrogens with zero attached hydrogens (tertiary/aromatic N) is 3. The standard InChI is InChI=1S/C19H14Cl2N6O2.ClH/c20-10-2-1-9-3-4-19(11(9)5-10)26-17(28)16-12(21)6-13(18(29)27(16)19)25-15-7-14(22)23-8-24-15;/h1-2,5-8H,3-4H2,(H,26,28)(H3,22,23,24,25);1H. The lowest BCUT2D eigenvalue weighted by Gasteiger charge is -2.28. The summed E-state index contributed by atoms with van der Waals surface area (Å²) in [6.45, 7) is 0. The number of amides is 1. The fraction of sp³-hybridized carbons (Fsp3) is 0.158. The molecular weight excluding hydrogens is 451 g/mol. The van der Waals surface area contributed by atoms with Gasteiger partial charge in [-0.15, -0.1) is 12.4 Å². The first-order valence-corrected chi connectivity index (χ1v) is 9.57. The van der Waals surface area contributed by atoms with E-state index >= 15 is 0 Å². The Labute approximate surface area is 186 Å². The van der Waals surface area contributed by atoms with Crippen molar-refractivity contribution in [2.45, 2.75) is 18.5 Å². The first-order chi connectivity index (χ1) is 13.9. The first kappa shape index (κ1) is 20.5. The Balaban J connectivity index is 0.00000218. The number of halogens is 3. The van der Waals surface area contributed by atoms with Crippen LogP contribution in [-0.4, -0.2) is 20.4 Å². The maximum atomic E-state index is 13.4. The van der Waals surface area contributed by atoms with Crippen LogP contribution in [0.25, 0.3) is 0 Å². The predicted octanol–water partition coefficient (Wildman–Crippen LogP) is 3.08. The summed E-state index contributed by atoms with van der Waals surface area (Å²) in [6.07, 6.45) is 2.49. The van der Waals surface area contributed by atoms with Gasteiger partial charge in [0.15, 0.2) is 0 Å². The molecule has 4 N–H and O–H groups in total. The fourth-order valence-corrected chi connectivity index (χ4v) is 4.55. The molecule has 1 aliphatic carbocycles. The zero-order chi connectivity index (χ0) is 20.3. The van der Waals surface area contributed by atoms with E-state index in [1.807, 2.05) is 6.07 Å². The molecule has 8 nitrogen and oxygen atoms in total. The second kappa shape index (κ2) is 7.16. The van der Waals surface area contributed by atoms with Gasteiger partial charge in [0, 0.05) is 16.7 Å². The minimum atomic E-state index is -1.03. The van der Waals surface area contributed by atoms with Crippen LogP contribution < -0.4 is 21.9 Å². The normalized spacial score (nSPS) is 18.5. The molecule has 5 rings (SSSR count). The molecule has 1 amide bonds. The summed E-state index contributed by atoms with van der Waals surface area (Å²) >= 11 is 12.6. The van der Waals surface area contributed by atoms with Gasteiger partial charge in [-0.25, -0.2) is 9.97 Å². The van der Waals surface area contributed by atoms with Crippen LogP contribution in [0.1, 0.15) is 28.0 Å². The maximum absolute atomic E-state index is 13.4. The number of pyridine rings is 1. The fourth-order valence-electron chi connectivity index (χ4n) is 4.10. The zero-order valence-corrected chi connectivity index (χ0v) is 17.6. The maximum Gasteiger partial charge on any atom is 0.277 e. The van der Waals surface area contributed by atoms with Crippen molar-refractivity contribution < 1.29 is 4.79 Å². The Bertz CT molecular complexity index is 1260. The number of aromatic nitrogens is 3. The highest BCUT2D eigenvalue weighted by Crippen LogP contribution is 2.43. The van der Waals surface area contributed by atoms with Crippen LogP contribution in [0.5, 0.6) is 0 Å². The molecule has 154 valence electrons. The molecule has 1 atom stereocenters. The van der Waals surface area contributed by atoms with Gasteiger partial charge in [-0.3, -0.25) is 14.2 Å². The second-order valence-electron chi connectivity index (χ2n) is 6.96. The Hall–Kier alpha value is -2.81. The lowest BCUT2D eigenvalue weighted by atomic mass is 10.0. The van der Waals surface area contributed by atoms with Crippen molar-refractivity contribution in [3.05, 3.63) is 73.9 Å². The quantitative estimate of drug-likeness (QED) is 0.536. The predicted molar refractivity (Wildman–Crippen MR) is 117 cm³/mol. The third kappa shape index (κ3) is 2.91. The molecule has 0 fully saturated rings. The highest BCUT2D eigenvalue weighted by molar-refractivity contribution is 6.34. The first-order valence-electron chi connectivity index (χ1n) is 8.81. The number of fused-ring (bicyclic) bond motifs is 4. The minimum absolute atomic E-state index is 0. The molecule has 3 heterocycles. The molecule has 0 radical (unpaired) electrons. The average molecular weight is 466 g/mol. The number of nitrogens with one attached hydrogen (secondary N) is 2. The van der Waals surface area contributed by atoms with E-state index in [2.05, 4.69) is 20.6 Å². The van der Waals surface area contributed by atoms with Gasteiger partial charge in [-0.1, -0.05) is 29.3 Å². The van der Waals surface area contributed by atoms with Gasteiger partial charge in [-0.05, 0) is 36.6 Å². The Morgan fingerprint density at radius 2 is 1.97 bits per heavy atom. The highest BCUT2D eigenvalue weighted by Gasteiger charge is 2.50. The van der Waals surface area contributed by atoms with Crippen molar-refractivity contribution >= 4 is 58.8 Å². The van der Waals surface area contributed by atoms with Crippen molar-refractivity contribution in [3.8, 4) is 0 Å². The average Bonchev–Trinajstić information content (AvgIpc) is 3.18. The third-order valence-corrected chi connectivity index (χ3v) is 5.82. The minimum Gasteiger partial charge on any atom is -0.384 e. The molecule has 11 heteroatoms. The van der Waals surface area contributed by atoms with E-state index in [9.17, 15) is 9.59 Å². The topological polar surface area (TPSA) is 115 Å². The van der Waals surface area contributed by atoms with Crippen LogP contribution in [0.4, 0.5) is 17.3 Å². The summed E-state index contributed by atoms with van der Waals surface area (Å²) in [5.74, 6) is 0.188. The van der Waals surface area contributed by atoms with Gasteiger partial charge in [0.1, 0.15) is 35.0 Å². The molecule has 2 aromatic heterocycles. The summed E-state index contributed by atoms with van der Waals surface area (Å²) in [5, 5.41) is 6.57. The lowest BCUT2D eigenvalue weighted by molar-refractivity contribution is 0.0936. The van der Waals surface area contributed by atoms with E-state index in [1.165, 1.54) is 23.0 Å². The van der Waals surface area contributed by atoms with Crippen molar-refractivity contribution in [1.82, 2.24) is 19.9 Å². The number of hydrogen-bond acceptors (Lipinski definition) is 6. The van der Waals surface area contributed by atoms with Gasteiger partial charge in [-0.2, -0.15) is 0 Å². The molecule has 30 heavy (non-hydrogen) atoms. The van der Waals surface area contributed by atoms with Crippen LogP contribution in [0.15, 0.2) is 41.5 Å². The van der Waals surface area contributed by atoms with Gasteiger partial charge in [0.25, 0.3) is 11.5 Å². The summed E-state index contributed by atoms with van der Waals surface area (Å²) in [5.41, 5.74) is 6.34. The van der Waals surface area contributed by atoms with Crippen LogP contribution in [0.2, 0.25) is 10.0 Å². The van der Waals surface area contributed by atoms with Crippen molar-refractivity contribution in [3.63, 3.8) is 0 Å². The zero-order valence-electron chi connectivity index (χ0n) is 15.3. The van der Waals surface area contributed by atoms with E-state index in [1.54, 1.807) is 12.1 Å². The smallest absolute Gasteiger partial charge is 0.277 e. The van der Waals surface area contributed by atoms with Crippen molar-refractivity contribution in [2.24, 2.45) is 0 Å². The molecule has 1 aliphatic heterocycles.